The van der Waals surface area contributed by atoms with Gasteiger partial charge in [-0.25, -0.2) is 0 Å². The largest absolute Gasteiger partial charge is 1.00 e. The number of hydrogen-bond acceptors (Lipinski definition) is 0. The Bertz CT molecular complexity index is 374. The third-order valence-corrected chi connectivity index (χ3v) is 3.45. The molecule has 0 fully saturated rings. The molecule has 4 aliphatic rings. The fraction of sp³-hybridized carbons (Fsp3) is 0.250. The molecule has 0 radical (unpaired) electrons. The van der Waals surface area contributed by atoms with E-state index in [1.54, 1.807) is 0 Å². The van der Waals surface area contributed by atoms with Gasteiger partial charge in [-0.05, 0) is 47.9 Å². The average Bonchev–Trinajstić information content (AvgIpc) is 2.33. The smallest absolute Gasteiger partial charge is 0.0588 e. The van der Waals surface area contributed by atoms with Gasteiger partial charge in [0.1, 0.15) is 0 Å². The number of aryl methyl sites for hydroxylation is 4. The van der Waals surface area contributed by atoms with Gasteiger partial charge in [0, 0.05) is 0 Å². The Kier molecular flexibility index (Phi) is 4.10. The molecule has 0 saturated heterocycles. The second-order valence-corrected chi connectivity index (χ2v) is 4.63. The summed E-state index contributed by atoms with van der Waals surface area (Å²) in [4.78, 5) is 0. The summed E-state index contributed by atoms with van der Waals surface area (Å²) in [7, 11) is 0. The van der Waals surface area contributed by atoms with Crippen molar-refractivity contribution in [3.63, 3.8) is 0 Å². The predicted molar refractivity (Wildman–Crippen MR) is 67.7 cm³/mol. The van der Waals surface area contributed by atoms with Gasteiger partial charge in [0.15, 0.2) is 0 Å². The van der Waals surface area contributed by atoms with Crippen molar-refractivity contribution in [2.75, 3.05) is 0 Å². The van der Waals surface area contributed by atoms with E-state index in [4.69, 9.17) is 0 Å². The van der Waals surface area contributed by atoms with Crippen LogP contribution in [0.5, 0.6) is 0 Å². The fourth-order valence-corrected chi connectivity index (χ4v) is 2.32. The second-order valence-electron chi connectivity index (χ2n) is 4.63. The molecule has 0 atom stereocenters. The van der Waals surface area contributed by atoms with Crippen LogP contribution in [-0.4, -0.2) is 0 Å². The Morgan fingerprint density at radius 1 is 0.412 bits per heavy atom. The van der Waals surface area contributed by atoms with Gasteiger partial charge in [-0.3, -0.25) is 0 Å². The third kappa shape index (κ3) is 3.03. The van der Waals surface area contributed by atoms with Gasteiger partial charge < -0.3 is 0 Å². The van der Waals surface area contributed by atoms with Crippen LogP contribution >= 0.6 is 0 Å². The summed E-state index contributed by atoms with van der Waals surface area (Å²) in [6.07, 6.45) is 4.61. The Labute approximate surface area is 115 Å². The third-order valence-electron chi connectivity index (χ3n) is 3.45. The molecule has 0 unspecified atom stereocenters. The van der Waals surface area contributed by atoms with Crippen LogP contribution in [0.3, 0.4) is 0 Å². The Morgan fingerprint density at radius 3 is 0.765 bits per heavy atom. The summed E-state index contributed by atoms with van der Waals surface area (Å²) in [5.74, 6) is 0. The van der Waals surface area contributed by atoms with Crippen molar-refractivity contribution < 1.29 is 18.9 Å². The topological polar surface area (TPSA) is 0 Å². The number of benzene rings is 2. The monoisotopic (exact) mass is 215 g/mol. The van der Waals surface area contributed by atoms with Crippen LogP contribution in [0.1, 0.15) is 22.3 Å². The van der Waals surface area contributed by atoms with Crippen LogP contribution in [0.2, 0.25) is 0 Å². The van der Waals surface area contributed by atoms with Gasteiger partial charge in [0.25, 0.3) is 0 Å². The molecular weight excluding hydrogens is 199 g/mol. The first-order valence-electron chi connectivity index (χ1n) is 6.06. The second kappa shape index (κ2) is 5.58. The molecule has 2 aromatic rings. The molecule has 0 N–H and O–H groups in total. The van der Waals surface area contributed by atoms with Crippen molar-refractivity contribution in [3.05, 3.63) is 70.8 Å². The molecule has 0 aliphatic heterocycles. The molecular formula is C16H16Li+. The molecule has 0 nitrogen and oxygen atoms in total. The van der Waals surface area contributed by atoms with Gasteiger partial charge in [0.2, 0.25) is 0 Å². The van der Waals surface area contributed by atoms with E-state index in [1.165, 1.54) is 22.3 Å². The number of hydrogen-bond donors (Lipinski definition) is 0. The molecule has 0 aromatic heterocycles. The van der Waals surface area contributed by atoms with Crippen LogP contribution in [0.15, 0.2) is 48.5 Å². The minimum Gasteiger partial charge on any atom is -0.0588 e. The van der Waals surface area contributed by atoms with Crippen LogP contribution < -0.4 is 18.9 Å². The molecule has 17 heavy (non-hydrogen) atoms. The van der Waals surface area contributed by atoms with E-state index in [0.29, 0.717) is 0 Å². The van der Waals surface area contributed by atoms with Gasteiger partial charge in [-0.2, -0.15) is 0 Å². The molecule has 0 heterocycles. The maximum atomic E-state index is 2.28. The van der Waals surface area contributed by atoms with Crippen LogP contribution in [0.25, 0.3) is 0 Å². The van der Waals surface area contributed by atoms with E-state index in [-0.39, 0.29) is 18.9 Å². The standard InChI is InChI=1S/C16H16.Li/c1-2-14-4-3-13(1)9-10-15-5-7-16(8-6-15)12-11-14;/h1-8H,9-12H2;/q;+1. The van der Waals surface area contributed by atoms with Crippen molar-refractivity contribution >= 4 is 0 Å². The van der Waals surface area contributed by atoms with Gasteiger partial charge in [-0.15, -0.1) is 0 Å². The molecule has 0 saturated carbocycles. The average molecular weight is 215 g/mol. The quantitative estimate of drug-likeness (QED) is 0.564. The number of rotatable bonds is 0. The zero-order chi connectivity index (χ0) is 10.8. The normalized spacial score (nSPS) is 13.6. The van der Waals surface area contributed by atoms with Crippen molar-refractivity contribution in [2.24, 2.45) is 0 Å². The Hall–Kier alpha value is -0.963. The van der Waals surface area contributed by atoms with Gasteiger partial charge >= 0.3 is 18.9 Å². The summed E-state index contributed by atoms with van der Waals surface area (Å²) in [6.45, 7) is 0. The van der Waals surface area contributed by atoms with E-state index in [9.17, 15) is 0 Å². The molecule has 2 aromatic carbocycles. The molecule has 4 aliphatic carbocycles. The van der Waals surface area contributed by atoms with Crippen LogP contribution in [0.4, 0.5) is 0 Å². The van der Waals surface area contributed by atoms with Crippen LogP contribution in [-0.2, 0) is 25.7 Å². The minimum atomic E-state index is 0. The minimum absolute atomic E-state index is 0. The summed E-state index contributed by atoms with van der Waals surface area (Å²) in [5, 5.41) is 0. The van der Waals surface area contributed by atoms with E-state index < -0.39 is 0 Å². The van der Waals surface area contributed by atoms with Crippen LogP contribution in [0, 0.1) is 0 Å². The fourth-order valence-electron chi connectivity index (χ4n) is 2.32. The predicted octanol–water partition coefficient (Wildman–Crippen LogP) is 0.574. The van der Waals surface area contributed by atoms with Gasteiger partial charge in [-0.1, -0.05) is 48.5 Å². The first-order chi connectivity index (χ1) is 7.90. The van der Waals surface area contributed by atoms with Crippen molar-refractivity contribution in [2.45, 2.75) is 25.7 Å². The Balaban J connectivity index is 0.00000108. The first kappa shape index (κ1) is 12.5. The van der Waals surface area contributed by atoms with Crippen molar-refractivity contribution in [3.8, 4) is 0 Å². The molecule has 0 spiro atoms. The van der Waals surface area contributed by atoms with E-state index in [0.717, 1.165) is 25.7 Å². The maximum absolute atomic E-state index is 2.28. The SMILES string of the molecule is [Li+].c1cc2ccc1CCc1ccc(cc1)CC2. The molecule has 1 heteroatoms. The van der Waals surface area contributed by atoms with Gasteiger partial charge in [0.05, 0.1) is 0 Å². The van der Waals surface area contributed by atoms with E-state index in [1.807, 2.05) is 0 Å². The molecule has 0 amide bonds. The molecule has 6 rings (SSSR count). The summed E-state index contributed by atoms with van der Waals surface area (Å²) < 4.78 is 0. The first-order valence-corrected chi connectivity index (χ1v) is 6.06. The van der Waals surface area contributed by atoms with E-state index in [2.05, 4.69) is 48.5 Å². The summed E-state index contributed by atoms with van der Waals surface area (Å²) >= 11 is 0. The zero-order valence-corrected chi connectivity index (χ0v) is 10.4. The summed E-state index contributed by atoms with van der Waals surface area (Å²) in [6, 6.07) is 18.2. The Morgan fingerprint density at radius 2 is 0.588 bits per heavy atom. The molecule has 80 valence electrons. The maximum Gasteiger partial charge on any atom is 1.00 e. The van der Waals surface area contributed by atoms with E-state index >= 15 is 0 Å². The van der Waals surface area contributed by atoms with Crippen molar-refractivity contribution in [1.82, 2.24) is 0 Å². The van der Waals surface area contributed by atoms with Crippen molar-refractivity contribution in [1.29, 1.82) is 0 Å². The molecule has 4 bridgehead atoms. The summed E-state index contributed by atoms with van der Waals surface area (Å²) in [5.41, 5.74) is 5.81. The zero-order valence-electron chi connectivity index (χ0n) is 10.4.